The second-order valence-corrected chi connectivity index (χ2v) is 8.91. The highest BCUT2D eigenvalue weighted by atomic mass is 32.2. The van der Waals surface area contributed by atoms with Gasteiger partial charge in [-0.15, -0.1) is 0 Å². The molecule has 0 unspecified atom stereocenters. The number of halogens is 3. The summed E-state index contributed by atoms with van der Waals surface area (Å²) >= 11 is 0. The van der Waals surface area contributed by atoms with Gasteiger partial charge in [0.25, 0.3) is 0 Å². The van der Waals surface area contributed by atoms with Crippen LogP contribution in [-0.2, 0) is 34.0 Å². The van der Waals surface area contributed by atoms with E-state index in [4.69, 9.17) is 0 Å². The number of nitrogens with one attached hydrogen (secondary N) is 1. The van der Waals surface area contributed by atoms with Crippen molar-refractivity contribution in [2.24, 2.45) is 5.92 Å². The molecule has 1 aliphatic rings. The fraction of sp³-hybridized carbons (Fsp3) is 0.350. The van der Waals surface area contributed by atoms with Gasteiger partial charge in [0.15, 0.2) is 0 Å². The van der Waals surface area contributed by atoms with Gasteiger partial charge in [-0.2, -0.15) is 13.2 Å². The highest BCUT2D eigenvalue weighted by Crippen LogP contribution is 2.34. The van der Waals surface area contributed by atoms with E-state index in [1.165, 1.54) is 6.07 Å². The van der Waals surface area contributed by atoms with Crippen LogP contribution >= 0.6 is 0 Å². The van der Waals surface area contributed by atoms with Crippen LogP contribution in [0.2, 0.25) is 0 Å². The first-order valence-corrected chi connectivity index (χ1v) is 10.6. The zero-order valence-electron chi connectivity index (χ0n) is 16.0. The normalized spacial score (nSPS) is 14.3. The van der Waals surface area contributed by atoms with E-state index >= 15 is 0 Å². The summed E-state index contributed by atoms with van der Waals surface area (Å²) < 4.78 is 66.5. The summed E-state index contributed by atoms with van der Waals surface area (Å²) in [5.74, 6) is -0.123. The molecule has 156 valence electrons. The molecule has 1 heterocycles. The minimum absolute atomic E-state index is 0.0148. The number of amides is 1. The smallest absolute Gasteiger partial charge is 0.312 e. The minimum Gasteiger partial charge on any atom is -0.312 e. The number of nitrogens with zero attached hydrogens (tertiary/aromatic N) is 1. The molecular formula is C20H21F3N2O3S. The fourth-order valence-electron chi connectivity index (χ4n) is 3.30. The maximum absolute atomic E-state index is 13.1. The van der Waals surface area contributed by atoms with Crippen molar-refractivity contribution in [3.8, 4) is 0 Å². The molecule has 0 atom stereocenters. The van der Waals surface area contributed by atoms with E-state index in [-0.39, 0.29) is 18.4 Å². The van der Waals surface area contributed by atoms with Gasteiger partial charge in [-0.3, -0.25) is 4.79 Å². The van der Waals surface area contributed by atoms with Crippen LogP contribution in [0, 0.1) is 5.92 Å². The molecule has 1 aliphatic heterocycles. The van der Waals surface area contributed by atoms with Crippen molar-refractivity contribution >= 4 is 21.6 Å². The number of fused-ring (bicyclic) bond motifs is 1. The van der Waals surface area contributed by atoms with Crippen LogP contribution in [0.25, 0.3) is 0 Å². The number of carbonyl (C=O) groups is 1. The third-order valence-electron chi connectivity index (χ3n) is 4.75. The number of benzene rings is 2. The van der Waals surface area contributed by atoms with Gasteiger partial charge in [0, 0.05) is 24.7 Å². The molecule has 29 heavy (non-hydrogen) atoms. The minimum atomic E-state index is -4.77. The molecule has 0 fully saturated rings. The monoisotopic (exact) mass is 426 g/mol. The number of carbonyl (C=O) groups excluding carboxylic acids is 1. The highest BCUT2D eigenvalue weighted by Gasteiger charge is 2.36. The molecule has 0 aliphatic carbocycles. The zero-order valence-corrected chi connectivity index (χ0v) is 16.8. The van der Waals surface area contributed by atoms with Crippen LogP contribution in [0.1, 0.15) is 30.5 Å². The Morgan fingerprint density at radius 1 is 1.17 bits per heavy atom. The maximum atomic E-state index is 13.1. The summed E-state index contributed by atoms with van der Waals surface area (Å²) in [5, 5.41) is 0. The molecule has 2 aromatic carbocycles. The second-order valence-electron chi connectivity index (χ2n) is 7.18. The molecule has 0 saturated heterocycles. The highest BCUT2D eigenvalue weighted by molar-refractivity contribution is 7.89. The van der Waals surface area contributed by atoms with Crippen LogP contribution in [-0.4, -0.2) is 20.9 Å². The number of rotatable bonds is 5. The van der Waals surface area contributed by atoms with Gasteiger partial charge in [0.2, 0.25) is 15.9 Å². The van der Waals surface area contributed by atoms with Crippen LogP contribution < -0.4 is 9.62 Å². The van der Waals surface area contributed by atoms with Crippen LogP contribution in [0.15, 0.2) is 47.4 Å². The van der Waals surface area contributed by atoms with Crippen molar-refractivity contribution < 1.29 is 26.4 Å². The van der Waals surface area contributed by atoms with Gasteiger partial charge in [0.1, 0.15) is 0 Å². The predicted octanol–water partition coefficient (Wildman–Crippen LogP) is 3.73. The summed E-state index contributed by atoms with van der Waals surface area (Å²) in [7, 11) is -4.36. The Hall–Kier alpha value is -2.39. The van der Waals surface area contributed by atoms with Gasteiger partial charge >= 0.3 is 6.18 Å². The van der Waals surface area contributed by atoms with E-state index in [1.54, 1.807) is 23.1 Å². The van der Waals surface area contributed by atoms with Crippen molar-refractivity contribution in [1.29, 1.82) is 0 Å². The fourth-order valence-corrected chi connectivity index (χ4v) is 4.54. The van der Waals surface area contributed by atoms with Crippen molar-refractivity contribution in [2.75, 3.05) is 11.4 Å². The van der Waals surface area contributed by atoms with Crippen LogP contribution in [0.5, 0.6) is 0 Å². The number of hydrogen-bond donors (Lipinski definition) is 1. The lowest BCUT2D eigenvalue weighted by molar-refractivity contribution is -0.139. The molecule has 5 nitrogen and oxygen atoms in total. The predicted molar refractivity (Wildman–Crippen MR) is 103 cm³/mol. The second kappa shape index (κ2) is 7.79. The summed E-state index contributed by atoms with van der Waals surface area (Å²) in [4.78, 5) is 13.2. The SMILES string of the molecule is CC(C)C(=O)N1CCc2cc(CNS(=O)(=O)c3ccccc3C(F)(F)F)ccc21. The topological polar surface area (TPSA) is 66.5 Å². The van der Waals surface area contributed by atoms with E-state index < -0.39 is 26.7 Å². The molecule has 9 heteroatoms. The molecule has 0 spiro atoms. The Kier molecular flexibility index (Phi) is 5.73. The van der Waals surface area contributed by atoms with E-state index in [0.29, 0.717) is 18.5 Å². The first kappa shape index (κ1) is 21.3. The van der Waals surface area contributed by atoms with Crippen LogP contribution in [0.3, 0.4) is 0 Å². The average molecular weight is 426 g/mol. The Labute approximate surface area is 167 Å². The lowest BCUT2D eigenvalue weighted by atomic mass is 10.1. The molecule has 0 saturated carbocycles. The quantitative estimate of drug-likeness (QED) is 0.792. The molecule has 0 radical (unpaired) electrons. The van der Waals surface area contributed by atoms with E-state index in [0.717, 1.165) is 29.4 Å². The molecule has 1 N–H and O–H groups in total. The zero-order chi connectivity index (χ0) is 21.4. The van der Waals surface area contributed by atoms with E-state index in [1.807, 2.05) is 13.8 Å². The molecular weight excluding hydrogens is 405 g/mol. The Balaban J connectivity index is 1.79. The average Bonchev–Trinajstić information content (AvgIpc) is 3.08. The molecule has 1 amide bonds. The van der Waals surface area contributed by atoms with E-state index in [9.17, 15) is 26.4 Å². The first-order valence-electron chi connectivity index (χ1n) is 9.10. The summed E-state index contributed by atoms with van der Waals surface area (Å²) in [5.41, 5.74) is 1.10. The summed E-state index contributed by atoms with van der Waals surface area (Å²) in [6, 6.07) is 9.26. The Morgan fingerprint density at radius 2 is 1.86 bits per heavy atom. The van der Waals surface area contributed by atoms with Crippen molar-refractivity contribution in [3.05, 3.63) is 59.2 Å². The number of alkyl halides is 3. The van der Waals surface area contributed by atoms with Gasteiger partial charge in [0.05, 0.1) is 10.5 Å². The van der Waals surface area contributed by atoms with Crippen LogP contribution in [0.4, 0.5) is 18.9 Å². The van der Waals surface area contributed by atoms with E-state index in [2.05, 4.69) is 4.72 Å². The lowest BCUT2D eigenvalue weighted by Gasteiger charge is -2.19. The molecule has 0 aromatic heterocycles. The van der Waals surface area contributed by atoms with Crippen molar-refractivity contribution in [1.82, 2.24) is 4.72 Å². The largest absolute Gasteiger partial charge is 0.417 e. The summed E-state index contributed by atoms with van der Waals surface area (Å²) in [6.07, 6.45) is -4.13. The van der Waals surface area contributed by atoms with Gasteiger partial charge in [-0.25, -0.2) is 13.1 Å². The third kappa shape index (κ3) is 4.45. The maximum Gasteiger partial charge on any atom is 0.417 e. The number of hydrogen-bond acceptors (Lipinski definition) is 3. The number of sulfonamides is 1. The Bertz CT molecular complexity index is 1030. The van der Waals surface area contributed by atoms with Gasteiger partial charge in [-0.05, 0) is 35.7 Å². The number of anilines is 1. The van der Waals surface area contributed by atoms with Gasteiger partial charge in [-0.1, -0.05) is 38.1 Å². The molecule has 2 aromatic rings. The molecule has 3 rings (SSSR count). The third-order valence-corrected chi connectivity index (χ3v) is 6.21. The summed E-state index contributed by atoms with van der Waals surface area (Å²) in [6.45, 7) is 4.05. The van der Waals surface area contributed by atoms with Gasteiger partial charge < -0.3 is 4.90 Å². The lowest BCUT2D eigenvalue weighted by Crippen LogP contribution is -2.32. The Morgan fingerprint density at radius 3 is 2.52 bits per heavy atom. The standard InChI is InChI=1S/C20H21F3N2O3S/c1-13(2)19(26)25-10-9-15-11-14(7-8-17(15)25)12-24-29(27,28)18-6-4-3-5-16(18)20(21,22)23/h3-8,11,13,24H,9-10,12H2,1-2H3. The first-order chi connectivity index (χ1) is 13.5. The van der Waals surface area contributed by atoms with Crippen molar-refractivity contribution in [2.45, 2.75) is 37.9 Å². The van der Waals surface area contributed by atoms with Crippen molar-refractivity contribution in [3.63, 3.8) is 0 Å². The molecule has 0 bridgehead atoms.